The average Bonchev–Trinajstić information content (AvgIpc) is 1.78. The summed E-state index contributed by atoms with van der Waals surface area (Å²) in [5.74, 6) is 0. The molecule has 74 valence electrons. The van der Waals surface area contributed by atoms with Crippen LogP contribution in [0.4, 0.5) is 0 Å². The second kappa shape index (κ2) is 4.24. The SMILES string of the molecule is CCOOC(C)(C)CC(C)(C)C. The van der Waals surface area contributed by atoms with Crippen LogP contribution in [0.5, 0.6) is 0 Å². The summed E-state index contributed by atoms with van der Waals surface area (Å²) in [5, 5.41) is 0. The molecule has 0 aliphatic rings. The van der Waals surface area contributed by atoms with E-state index >= 15 is 0 Å². The second-order valence-corrected chi connectivity index (χ2v) is 4.99. The molecule has 0 unspecified atom stereocenters. The largest absolute Gasteiger partial charge is 0.236 e. The van der Waals surface area contributed by atoms with Crippen LogP contribution in [0.25, 0.3) is 0 Å². The van der Waals surface area contributed by atoms with Crippen molar-refractivity contribution < 1.29 is 9.78 Å². The molecule has 0 fully saturated rings. The second-order valence-electron chi connectivity index (χ2n) is 4.99. The van der Waals surface area contributed by atoms with Gasteiger partial charge in [0.2, 0.25) is 0 Å². The summed E-state index contributed by atoms with van der Waals surface area (Å²) in [5.41, 5.74) is 0.0921. The van der Waals surface area contributed by atoms with E-state index in [-0.39, 0.29) is 11.0 Å². The lowest BCUT2D eigenvalue weighted by Gasteiger charge is -2.30. The van der Waals surface area contributed by atoms with Gasteiger partial charge in [-0.2, -0.15) is 0 Å². The van der Waals surface area contributed by atoms with Gasteiger partial charge in [-0.05, 0) is 32.6 Å². The molecular weight excluding hydrogens is 152 g/mol. The lowest BCUT2D eigenvalue weighted by molar-refractivity contribution is -0.355. The number of hydrogen-bond acceptors (Lipinski definition) is 2. The molecule has 2 nitrogen and oxygen atoms in total. The Morgan fingerprint density at radius 3 is 1.83 bits per heavy atom. The lowest BCUT2D eigenvalue weighted by Crippen LogP contribution is -2.30. The van der Waals surface area contributed by atoms with E-state index in [0.717, 1.165) is 6.42 Å². The van der Waals surface area contributed by atoms with Crippen LogP contribution in [-0.4, -0.2) is 12.2 Å². The van der Waals surface area contributed by atoms with Gasteiger partial charge in [0, 0.05) is 0 Å². The summed E-state index contributed by atoms with van der Waals surface area (Å²) in [6.07, 6.45) is 0.986. The minimum absolute atomic E-state index is 0.186. The summed E-state index contributed by atoms with van der Waals surface area (Å²) >= 11 is 0. The lowest BCUT2D eigenvalue weighted by atomic mass is 9.84. The first-order valence-corrected chi connectivity index (χ1v) is 4.57. The molecule has 0 rings (SSSR count). The van der Waals surface area contributed by atoms with E-state index in [1.807, 2.05) is 20.8 Å². The predicted molar refractivity (Wildman–Crippen MR) is 50.9 cm³/mol. The summed E-state index contributed by atoms with van der Waals surface area (Å²) in [4.78, 5) is 10.2. The van der Waals surface area contributed by atoms with Crippen LogP contribution in [0, 0.1) is 5.41 Å². The van der Waals surface area contributed by atoms with Gasteiger partial charge in [0.05, 0.1) is 12.2 Å². The molecule has 0 amide bonds. The normalized spacial score (nSPS) is 13.5. The van der Waals surface area contributed by atoms with Crippen LogP contribution >= 0.6 is 0 Å². The Hall–Kier alpha value is -0.0800. The van der Waals surface area contributed by atoms with Crippen molar-refractivity contribution in [3.8, 4) is 0 Å². The molecule has 0 heterocycles. The van der Waals surface area contributed by atoms with Crippen molar-refractivity contribution in [3.05, 3.63) is 0 Å². The van der Waals surface area contributed by atoms with Gasteiger partial charge < -0.3 is 0 Å². The maximum Gasteiger partial charge on any atom is 0.0985 e. The average molecular weight is 174 g/mol. The van der Waals surface area contributed by atoms with Gasteiger partial charge in [-0.1, -0.05) is 20.8 Å². The number of hydrogen-bond donors (Lipinski definition) is 0. The molecule has 0 aromatic rings. The highest BCUT2D eigenvalue weighted by Crippen LogP contribution is 2.29. The third-order valence-electron chi connectivity index (χ3n) is 1.36. The fraction of sp³-hybridized carbons (Fsp3) is 1.00. The highest BCUT2D eigenvalue weighted by molar-refractivity contribution is 4.75. The molecule has 0 saturated heterocycles. The maximum absolute atomic E-state index is 5.25. The van der Waals surface area contributed by atoms with Crippen LogP contribution in [0.2, 0.25) is 0 Å². The fourth-order valence-corrected chi connectivity index (χ4v) is 1.53. The van der Waals surface area contributed by atoms with Gasteiger partial charge in [-0.25, -0.2) is 9.78 Å². The third kappa shape index (κ3) is 6.62. The van der Waals surface area contributed by atoms with Gasteiger partial charge >= 0.3 is 0 Å². The molecular formula is C10H22O2. The summed E-state index contributed by atoms with van der Waals surface area (Å²) in [6, 6.07) is 0. The Labute approximate surface area is 76.2 Å². The van der Waals surface area contributed by atoms with Crippen molar-refractivity contribution in [2.45, 2.75) is 53.6 Å². The van der Waals surface area contributed by atoms with E-state index < -0.39 is 0 Å². The predicted octanol–water partition coefficient (Wildman–Crippen LogP) is 3.17. The highest BCUT2D eigenvalue weighted by atomic mass is 17.2. The topological polar surface area (TPSA) is 18.5 Å². The highest BCUT2D eigenvalue weighted by Gasteiger charge is 2.27. The fourth-order valence-electron chi connectivity index (χ4n) is 1.53. The first kappa shape index (κ1) is 11.9. The molecule has 12 heavy (non-hydrogen) atoms. The molecule has 0 aliphatic heterocycles. The molecule has 0 aromatic heterocycles. The first-order chi connectivity index (χ1) is 5.27. The Morgan fingerprint density at radius 2 is 1.50 bits per heavy atom. The molecule has 0 radical (unpaired) electrons. The molecule has 0 spiro atoms. The minimum atomic E-state index is -0.186. The zero-order valence-electron chi connectivity index (χ0n) is 9.23. The Balaban J connectivity index is 3.86. The molecule has 0 aromatic carbocycles. The molecule has 0 saturated carbocycles. The van der Waals surface area contributed by atoms with E-state index in [1.54, 1.807) is 0 Å². The van der Waals surface area contributed by atoms with Gasteiger partial charge in [0.1, 0.15) is 0 Å². The van der Waals surface area contributed by atoms with E-state index in [2.05, 4.69) is 20.8 Å². The van der Waals surface area contributed by atoms with E-state index in [9.17, 15) is 0 Å². The van der Waals surface area contributed by atoms with E-state index in [1.165, 1.54) is 0 Å². The van der Waals surface area contributed by atoms with Gasteiger partial charge in [0.15, 0.2) is 0 Å². The van der Waals surface area contributed by atoms with Crippen LogP contribution < -0.4 is 0 Å². The number of rotatable bonds is 4. The quantitative estimate of drug-likeness (QED) is 0.481. The Bertz CT molecular complexity index is 122. The summed E-state index contributed by atoms with van der Waals surface area (Å²) in [6.45, 7) is 13.2. The zero-order valence-corrected chi connectivity index (χ0v) is 9.23. The standard InChI is InChI=1S/C10H22O2/c1-7-11-12-10(5,6)8-9(2,3)4/h7-8H2,1-6H3. The zero-order chi connectivity index (χ0) is 9.83. The van der Waals surface area contributed by atoms with E-state index in [0.29, 0.717) is 6.61 Å². The molecule has 0 bridgehead atoms. The minimum Gasteiger partial charge on any atom is -0.236 e. The first-order valence-electron chi connectivity index (χ1n) is 4.57. The molecule has 2 heteroatoms. The summed E-state index contributed by atoms with van der Waals surface area (Å²) in [7, 11) is 0. The smallest absolute Gasteiger partial charge is 0.0985 e. The van der Waals surface area contributed by atoms with Crippen LogP contribution in [0.15, 0.2) is 0 Å². The van der Waals surface area contributed by atoms with Gasteiger partial charge in [-0.15, -0.1) is 0 Å². The van der Waals surface area contributed by atoms with Crippen molar-refractivity contribution >= 4 is 0 Å². The van der Waals surface area contributed by atoms with Gasteiger partial charge in [-0.3, -0.25) is 0 Å². The molecule has 0 atom stereocenters. The van der Waals surface area contributed by atoms with Crippen molar-refractivity contribution in [2.75, 3.05) is 6.61 Å². The maximum atomic E-state index is 5.25. The van der Waals surface area contributed by atoms with Crippen LogP contribution in [0.1, 0.15) is 48.0 Å². The Morgan fingerprint density at radius 1 is 1.00 bits per heavy atom. The van der Waals surface area contributed by atoms with Crippen LogP contribution in [-0.2, 0) is 9.78 Å². The van der Waals surface area contributed by atoms with Gasteiger partial charge in [0.25, 0.3) is 0 Å². The van der Waals surface area contributed by atoms with Crippen molar-refractivity contribution in [3.63, 3.8) is 0 Å². The monoisotopic (exact) mass is 174 g/mol. The third-order valence-corrected chi connectivity index (χ3v) is 1.36. The molecule has 0 N–H and O–H groups in total. The van der Waals surface area contributed by atoms with Crippen molar-refractivity contribution in [1.29, 1.82) is 0 Å². The van der Waals surface area contributed by atoms with Crippen molar-refractivity contribution in [1.82, 2.24) is 0 Å². The van der Waals surface area contributed by atoms with Crippen molar-refractivity contribution in [2.24, 2.45) is 5.41 Å². The van der Waals surface area contributed by atoms with E-state index in [4.69, 9.17) is 9.78 Å². The van der Waals surface area contributed by atoms with Crippen LogP contribution in [0.3, 0.4) is 0 Å². The molecule has 0 aliphatic carbocycles. The summed E-state index contributed by atoms with van der Waals surface area (Å²) < 4.78 is 0. The Kier molecular flexibility index (Phi) is 4.21.